The van der Waals surface area contributed by atoms with E-state index in [1.165, 1.54) is 19.3 Å². The van der Waals surface area contributed by atoms with Gasteiger partial charge in [0.25, 0.3) is 5.91 Å². The first kappa shape index (κ1) is 12.0. The zero-order chi connectivity index (χ0) is 13.1. The van der Waals surface area contributed by atoms with Crippen LogP contribution in [0.2, 0.25) is 0 Å². The van der Waals surface area contributed by atoms with Crippen molar-refractivity contribution in [1.29, 1.82) is 0 Å². The van der Waals surface area contributed by atoms with Gasteiger partial charge in [0.1, 0.15) is 0 Å². The summed E-state index contributed by atoms with van der Waals surface area (Å²) in [6.07, 6.45) is 4.22. The van der Waals surface area contributed by atoms with Crippen LogP contribution in [0.25, 0.3) is 0 Å². The number of halogens is 1. The number of carbonyl (C=O) groups is 1. The fourth-order valence-corrected chi connectivity index (χ4v) is 4.95. The van der Waals surface area contributed by atoms with Crippen molar-refractivity contribution in [2.45, 2.75) is 32.2 Å². The molecule has 3 fully saturated rings. The molecule has 0 saturated heterocycles. The number of aryl methyl sites for hydroxylation is 1. The number of rotatable bonds is 2. The minimum atomic E-state index is 0.109. The first-order valence-electron chi connectivity index (χ1n) is 7.22. The lowest BCUT2D eigenvalue weighted by Gasteiger charge is -2.12. The molecule has 0 heterocycles. The van der Waals surface area contributed by atoms with Crippen molar-refractivity contribution in [2.75, 3.05) is 0 Å². The molecular weight excluding hydrogens is 302 g/mol. The van der Waals surface area contributed by atoms with E-state index < -0.39 is 0 Å². The van der Waals surface area contributed by atoms with E-state index in [9.17, 15) is 4.79 Å². The third kappa shape index (κ3) is 1.78. The first-order valence-corrected chi connectivity index (χ1v) is 8.01. The summed E-state index contributed by atoms with van der Waals surface area (Å²) < 4.78 is 0.972. The van der Waals surface area contributed by atoms with Gasteiger partial charge in [0.05, 0.1) is 0 Å². The molecule has 1 aromatic carbocycles. The fourth-order valence-electron chi connectivity index (χ4n) is 4.59. The van der Waals surface area contributed by atoms with Gasteiger partial charge >= 0.3 is 0 Å². The van der Waals surface area contributed by atoms with E-state index in [0.29, 0.717) is 6.04 Å². The molecule has 0 radical (unpaired) electrons. The van der Waals surface area contributed by atoms with Crippen molar-refractivity contribution < 1.29 is 4.79 Å². The van der Waals surface area contributed by atoms with Crippen LogP contribution in [0.15, 0.2) is 22.7 Å². The summed E-state index contributed by atoms with van der Waals surface area (Å²) in [7, 11) is 0. The first-order chi connectivity index (χ1) is 9.15. The maximum absolute atomic E-state index is 12.4. The third-order valence-electron chi connectivity index (χ3n) is 5.48. The number of nitrogens with one attached hydrogen (secondary N) is 1. The molecule has 3 aliphatic carbocycles. The van der Waals surface area contributed by atoms with Crippen LogP contribution in [0.4, 0.5) is 0 Å². The highest BCUT2D eigenvalue weighted by atomic mass is 79.9. The van der Waals surface area contributed by atoms with E-state index in [2.05, 4.69) is 21.2 Å². The Morgan fingerprint density at radius 1 is 1.26 bits per heavy atom. The van der Waals surface area contributed by atoms with Gasteiger partial charge in [0.15, 0.2) is 0 Å². The number of hydrogen-bond acceptors (Lipinski definition) is 1. The van der Waals surface area contributed by atoms with Gasteiger partial charge in [-0.2, -0.15) is 0 Å². The summed E-state index contributed by atoms with van der Waals surface area (Å²) >= 11 is 3.44. The van der Waals surface area contributed by atoms with Crippen LogP contribution in [0.3, 0.4) is 0 Å². The lowest BCUT2D eigenvalue weighted by atomic mass is 10.0. The Kier molecular flexibility index (Phi) is 2.57. The monoisotopic (exact) mass is 319 g/mol. The summed E-state index contributed by atoms with van der Waals surface area (Å²) in [5.41, 5.74) is 1.86. The quantitative estimate of drug-likeness (QED) is 0.887. The highest BCUT2D eigenvalue weighted by Gasteiger charge is 2.65. The predicted molar refractivity (Wildman–Crippen MR) is 77.9 cm³/mol. The van der Waals surface area contributed by atoms with Gasteiger partial charge < -0.3 is 5.32 Å². The molecule has 2 bridgehead atoms. The molecule has 19 heavy (non-hydrogen) atoms. The van der Waals surface area contributed by atoms with Crippen molar-refractivity contribution in [3.8, 4) is 0 Å². The molecule has 0 aromatic heterocycles. The molecule has 4 unspecified atom stereocenters. The SMILES string of the molecule is Cc1ccc(Br)cc1C(=O)NC1C2C3CCC(C3)C12. The Morgan fingerprint density at radius 3 is 2.63 bits per heavy atom. The highest BCUT2D eigenvalue weighted by Crippen LogP contribution is 2.65. The summed E-state index contributed by atoms with van der Waals surface area (Å²) in [5, 5.41) is 3.28. The van der Waals surface area contributed by atoms with Gasteiger partial charge in [-0.3, -0.25) is 4.79 Å². The molecule has 100 valence electrons. The van der Waals surface area contributed by atoms with Crippen molar-refractivity contribution in [1.82, 2.24) is 5.32 Å². The normalized spacial score (nSPS) is 38.1. The average Bonchev–Trinajstić information content (AvgIpc) is 2.80. The van der Waals surface area contributed by atoms with Gasteiger partial charge in [-0.25, -0.2) is 0 Å². The van der Waals surface area contributed by atoms with Crippen molar-refractivity contribution in [3.63, 3.8) is 0 Å². The van der Waals surface area contributed by atoms with E-state index in [-0.39, 0.29) is 5.91 Å². The third-order valence-corrected chi connectivity index (χ3v) is 5.97. The molecule has 3 saturated carbocycles. The molecule has 4 rings (SSSR count). The van der Waals surface area contributed by atoms with Crippen LogP contribution in [0.5, 0.6) is 0 Å². The topological polar surface area (TPSA) is 29.1 Å². The Balaban J connectivity index is 1.50. The molecule has 4 atom stereocenters. The molecule has 0 aliphatic heterocycles. The van der Waals surface area contributed by atoms with Crippen molar-refractivity contribution >= 4 is 21.8 Å². The molecule has 3 aliphatic rings. The second-order valence-corrected chi connectivity index (χ2v) is 7.36. The van der Waals surface area contributed by atoms with Crippen LogP contribution in [0.1, 0.15) is 35.2 Å². The zero-order valence-corrected chi connectivity index (χ0v) is 12.6. The summed E-state index contributed by atoms with van der Waals surface area (Å²) in [6, 6.07) is 6.38. The standard InChI is InChI=1S/C16H18BrNO/c1-8-2-5-11(17)7-12(8)16(19)18-15-13-9-3-4-10(6-9)14(13)15/h2,5,7,9-10,13-15H,3-4,6H2,1H3,(H,18,19). The van der Waals surface area contributed by atoms with Crippen LogP contribution >= 0.6 is 15.9 Å². The fraction of sp³-hybridized carbons (Fsp3) is 0.562. The molecule has 2 nitrogen and oxygen atoms in total. The lowest BCUT2D eigenvalue weighted by molar-refractivity contribution is 0.0943. The lowest BCUT2D eigenvalue weighted by Crippen LogP contribution is -2.30. The number of benzene rings is 1. The van der Waals surface area contributed by atoms with Crippen LogP contribution < -0.4 is 5.32 Å². The van der Waals surface area contributed by atoms with Crippen LogP contribution in [-0.4, -0.2) is 11.9 Å². The largest absolute Gasteiger partial charge is 0.349 e. The smallest absolute Gasteiger partial charge is 0.251 e. The van der Waals surface area contributed by atoms with E-state index in [0.717, 1.165) is 39.3 Å². The maximum Gasteiger partial charge on any atom is 0.251 e. The molecule has 1 amide bonds. The Morgan fingerprint density at radius 2 is 1.95 bits per heavy atom. The highest BCUT2D eigenvalue weighted by molar-refractivity contribution is 9.10. The second kappa shape index (κ2) is 4.08. The van der Waals surface area contributed by atoms with Gasteiger partial charge in [-0.05, 0) is 67.6 Å². The van der Waals surface area contributed by atoms with Gasteiger partial charge in [0, 0.05) is 16.1 Å². The van der Waals surface area contributed by atoms with Gasteiger partial charge in [-0.1, -0.05) is 22.0 Å². The predicted octanol–water partition coefficient (Wildman–Crippen LogP) is 3.53. The number of carbonyl (C=O) groups excluding carboxylic acids is 1. The van der Waals surface area contributed by atoms with Crippen molar-refractivity contribution in [2.24, 2.45) is 23.7 Å². The van der Waals surface area contributed by atoms with Crippen molar-refractivity contribution in [3.05, 3.63) is 33.8 Å². The van der Waals surface area contributed by atoms with E-state index in [4.69, 9.17) is 0 Å². The Hall–Kier alpha value is -0.830. The molecule has 1 aromatic rings. The van der Waals surface area contributed by atoms with Gasteiger partial charge in [0.2, 0.25) is 0 Å². The molecule has 0 spiro atoms. The zero-order valence-electron chi connectivity index (χ0n) is 11.0. The minimum Gasteiger partial charge on any atom is -0.349 e. The summed E-state index contributed by atoms with van der Waals surface area (Å²) in [5.74, 6) is 3.52. The van der Waals surface area contributed by atoms with E-state index >= 15 is 0 Å². The van der Waals surface area contributed by atoms with E-state index in [1.54, 1.807) is 0 Å². The minimum absolute atomic E-state index is 0.109. The van der Waals surface area contributed by atoms with Crippen LogP contribution in [0, 0.1) is 30.6 Å². The maximum atomic E-state index is 12.4. The Labute approximate surface area is 122 Å². The second-order valence-electron chi connectivity index (χ2n) is 6.45. The number of fused-ring (bicyclic) bond motifs is 5. The van der Waals surface area contributed by atoms with Gasteiger partial charge in [-0.15, -0.1) is 0 Å². The molecule has 3 heteroatoms. The van der Waals surface area contributed by atoms with E-state index in [1.807, 2.05) is 25.1 Å². The molecule has 1 N–H and O–H groups in total. The summed E-state index contributed by atoms with van der Waals surface area (Å²) in [6.45, 7) is 2.00. The van der Waals surface area contributed by atoms with Crippen LogP contribution in [-0.2, 0) is 0 Å². The number of hydrogen-bond donors (Lipinski definition) is 1. The molecular formula is C16H18BrNO. The number of amides is 1. The Bertz CT molecular complexity index is 540. The average molecular weight is 320 g/mol. The summed E-state index contributed by atoms with van der Waals surface area (Å²) in [4.78, 5) is 12.4.